The Morgan fingerprint density at radius 1 is 1.07 bits per heavy atom. The van der Waals surface area contributed by atoms with Crippen LogP contribution < -0.4 is 10.6 Å². The van der Waals surface area contributed by atoms with E-state index in [-0.39, 0.29) is 17.5 Å². The first-order valence-corrected chi connectivity index (χ1v) is 8.66. The number of para-hydroxylation sites is 1. The average molecular weight is 366 g/mol. The molecular formula is C19H22N6O2. The highest BCUT2D eigenvalue weighted by atomic mass is 16.2. The maximum Gasteiger partial charge on any atom is 0.271 e. The first-order chi connectivity index (χ1) is 12.9. The molecule has 2 aromatic heterocycles. The first kappa shape index (κ1) is 18.4. The SMILES string of the molecule is CC(=O)Nc1cc(C(=O)NCCn2nc(C)cc2C)nn1-c1ccccc1. The van der Waals surface area contributed by atoms with E-state index in [1.165, 1.54) is 11.6 Å². The topological polar surface area (TPSA) is 93.8 Å². The van der Waals surface area contributed by atoms with Crippen LogP contribution in [0.1, 0.15) is 28.8 Å². The fourth-order valence-corrected chi connectivity index (χ4v) is 2.79. The standard InChI is InChI=1S/C19H22N6O2/c1-13-11-14(2)24(22-13)10-9-20-19(27)17-12-18(21-15(3)26)25(23-17)16-7-5-4-6-8-16/h4-8,11-12H,9-10H2,1-3H3,(H,20,27)(H,21,26). The molecule has 27 heavy (non-hydrogen) atoms. The summed E-state index contributed by atoms with van der Waals surface area (Å²) in [5.74, 6) is -0.0984. The number of aryl methyl sites for hydroxylation is 2. The van der Waals surface area contributed by atoms with E-state index in [4.69, 9.17) is 0 Å². The molecular weight excluding hydrogens is 344 g/mol. The Morgan fingerprint density at radius 3 is 2.44 bits per heavy atom. The van der Waals surface area contributed by atoms with E-state index in [0.717, 1.165) is 17.1 Å². The molecule has 0 unspecified atom stereocenters. The second-order valence-electron chi connectivity index (χ2n) is 6.25. The van der Waals surface area contributed by atoms with Gasteiger partial charge >= 0.3 is 0 Å². The van der Waals surface area contributed by atoms with Gasteiger partial charge in [0.05, 0.1) is 17.9 Å². The van der Waals surface area contributed by atoms with Gasteiger partial charge in [0.1, 0.15) is 5.82 Å². The average Bonchev–Trinajstić information content (AvgIpc) is 3.18. The van der Waals surface area contributed by atoms with Gasteiger partial charge in [-0.1, -0.05) is 18.2 Å². The van der Waals surface area contributed by atoms with Crippen LogP contribution in [0.3, 0.4) is 0 Å². The second-order valence-corrected chi connectivity index (χ2v) is 6.25. The summed E-state index contributed by atoms with van der Waals surface area (Å²) in [5, 5.41) is 14.3. The van der Waals surface area contributed by atoms with Crippen molar-refractivity contribution >= 4 is 17.6 Å². The van der Waals surface area contributed by atoms with Gasteiger partial charge in [-0.05, 0) is 32.0 Å². The molecule has 0 spiro atoms. The number of hydrogen-bond acceptors (Lipinski definition) is 4. The zero-order valence-electron chi connectivity index (χ0n) is 15.6. The summed E-state index contributed by atoms with van der Waals surface area (Å²) in [7, 11) is 0. The predicted molar refractivity (Wildman–Crippen MR) is 102 cm³/mol. The molecule has 140 valence electrons. The Morgan fingerprint density at radius 2 is 1.81 bits per heavy atom. The van der Waals surface area contributed by atoms with Crippen LogP contribution in [0.5, 0.6) is 0 Å². The maximum absolute atomic E-state index is 12.5. The number of carbonyl (C=O) groups is 2. The molecule has 0 atom stereocenters. The zero-order valence-corrected chi connectivity index (χ0v) is 15.6. The molecule has 0 radical (unpaired) electrons. The Labute approximate surface area is 157 Å². The first-order valence-electron chi connectivity index (χ1n) is 8.66. The third-order valence-corrected chi connectivity index (χ3v) is 3.96. The van der Waals surface area contributed by atoms with Crippen molar-refractivity contribution in [3.05, 3.63) is 59.5 Å². The normalized spacial score (nSPS) is 10.6. The van der Waals surface area contributed by atoms with E-state index in [1.807, 2.05) is 54.9 Å². The lowest BCUT2D eigenvalue weighted by Gasteiger charge is -2.07. The summed E-state index contributed by atoms with van der Waals surface area (Å²) >= 11 is 0. The number of anilines is 1. The molecule has 0 fully saturated rings. The van der Waals surface area contributed by atoms with Crippen LogP contribution in [0.2, 0.25) is 0 Å². The summed E-state index contributed by atoms with van der Waals surface area (Å²) in [6, 6.07) is 12.9. The lowest BCUT2D eigenvalue weighted by atomic mass is 10.3. The molecule has 0 aliphatic carbocycles. The summed E-state index contributed by atoms with van der Waals surface area (Å²) in [4.78, 5) is 24.0. The summed E-state index contributed by atoms with van der Waals surface area (Å²) in [6.07, 6.45) is 0. The zero-order chi connectivity index (χ0) is 19.4. The van der Waals surface area contributed by atoms with Crippen LogP contribution in [0.15, 0.2) is 42.5 Å². The van der Waals surface area contributed by atoms with Crippen molar-refractivity contribution in [3.8, 4) is 5.69 Å². The highest BCUT2D eigenvalue weighted by Crippen LogP contribution is 2.17. The third kappa shape index (κ3) is 4.41. The number of hydrogen-bond donors (Lipinski definition) is 2. The van der Waals surface area contributed by atoms with Gasteiger partial charge in [0, 0.05) is 25.2 Å². The number of nitrogens with one attached hydrogen (secondary N) is 2. The molecule has 8 heteroatoms. The molecule has 0 bridgehead atoms. The number of rotatable bonds is 6. The third-order valence-electron chi connectivity index (χ3n) is 3.96. The van der Waals surface area contributed by atoms with Gasteiger partial charge in [-0.25, -0.2) is 4.68 Å². The van der Waals surface area contributed by atoms with Gasteiger partial charge in [0.25, 0.3) is 5.91 Å². The van der Waals surface area contributed by atoms with Crippen molar-refractivity contribution < 1.29 is 9.59 Å². The number of amides is 2. The molecule has 0 saturated heterocycles. The Bertz CT molecular complexity index is 958. The summed E-state index contributed by atoms with van der Waals surface area (Å²) in [6.45, 7) is 6.32. The number of nitrogens with zero attached hydrogens (tertiary/aromatic N) is 4. The van der Waals surface area contributed by atoms with E-state index in [0.29, 0.717) is 18.9 Å². The van der Waals surface area contributed by atoms with Crippen molar-refractivity contribution in [1.82, 2.24) is 24.9 Å². The molecule has 1 aromatic carbocycles. The molecule has 2 amide bonds. The van der Waals surface area contributed by atoms with Crippen molar-refractivity contribution in [2.24, 2.45) is 0 Å². The molecule has 2 heterocycles. The molecule has 2 N–H and O–H groups in total. The van der Waals surface area contributed by atoms with Gasteiger partial charge in [0.15, 0.2) is 5.69 Å². The largest absolute Gasteiger partial charge is 0.349 e. The van der Waals surface area contributed by atoms with E-state index in [1.54, 1.807) is 6.07 Å². The number of aromatic nitrogens is 4. The molecule has 3 rings (SSSR count). The van der Waals surface area contributed by atoms with Gasteiger partial charge in [-0.3, -0.25) is 14.3 Å². The van der Waals surface area contributed by atoms with Crippen LogP contribution >= 0.6 is 0 Å². The molecule has 0 aliphatic heterocycles. The van der Waals surface area contributed by atoms with E-state index < -0.39 is 0 Å². The Kier molecular flexibility index (Phi) is 5.35. The summed E-state index contributed by atoms with van der Waals surface area (Å²) < 4.78 is 3.39. The minimum atomic E-state index is -0.308. The lowest BCUT2D eigenvalue weighted by Crippen LogP contribution is -2.28. The number of benzene rings is 1. The molecule has 8 nitrogen and oxygen atoms in total. The van der Waals surface area contributed by atoms with Crippen LogP contribution in [0.25, 0.3) is 5.69 Å². The van der Waals surface area contributed by atoms with E-state index in [9.17, 15) is 9.59 Å². The highest BCUT2D eigenvalue weighted by molar-refractivity contribution is 5.95. The fourth-order valence-electron chi connectivity index (χ4n) is 2.79. The second kappa shape index (κ2) is 7.86. The smallest absolute Gasteiger partial charge is 0.271 e. The van der Waals surface area contributed by atoms with Crippen molar-refractivity contribution in [2.75, 3.05) is 11.9 Å². The van der Waals surface area contributed by atoms with Crippen LogP contribution in [-0.4, -0.2) is 37.9 Å². The lowest BCUT2D eigenvalue weighted by molar-refractivity contribution is -0.114. The van der Waals surface area contributed by atoms with Crippen LogP contribution in [0, 0.1) is 13.8 Å². The van der Waals surface area contributed by atoms with E-state index >= 15 is 0 Å². The van der Waals surface area contributed by atoms with Gasteiger partial charge in [-0.2, -0.15) is 10.2 Å². The Balaban J connectivity index is 1.73. The Hall–Kier alpha value is -3.42. The molecule has 3 aromatic rings. The van der Waals surface area contributed by atoms with Crippen molar-refractivity contribution in [1.29, 1.82) is 0 Å². The predicted octanol–water partition coefficient (Wildman–Crippen LogP) is 2.07. The van der Waals surface area contributed by atoms with Crippen molar-refractivity contribution in [3.63, 3.8) is 0 Å². The van der Waals surface area contributed by atoms with E-state index in [2.05, 4.69) is 20.8 Å². The monoisotopic (exact) mass is 366 g/mol. The quantitative estimate of drug-likeness (QED) is 0.698. The molecule has 0 saturated carbocycles. The number of carbonyl (C=O) groups excluding carboxylic acids is 2. The van der Waals surface area contributed by atoms with Gasteiger partial charge in [0.2, 0.25) is 5.91 Å². The van der Waals surface area contributed by atoms with Gasteiger partial charge in [-0.15, -0.1) is 0 Å². The van der Waals surface area contributed by atoms with Crippen LogP contribution in [0.4, 0.5) is 5.82 Å². The highest BCUT2D eigenvalue weighted by Gasteiger charge is 2.16. The minimum absolute atomic E-state index is 0.232. The maximum atomic E-state index is 12.5. The van der Waals surface area contributed by atoms with Crippen LogP contribution in [-0.2, 0) is 11.3 Å². The fraction of sp³-hybridized carbons (Fsp3) is 0.263. The minimum Gasteiger partial charge on any atom is -0.349 e. The molecule has 0 aliphatic rings. The summed E-state index contributed by atoms with van der Waals surface area (Å²) in [5.41, 5.74) is 2.97. The van der Waals surface area contributed by atoms with Crippen molar-refractivity contribution in [2.45, 2.75) is 27.3 Å². The van der Waals surface area contributed by atoms with Gasteiger partial charge < -0.3 is 10.6 Å².